The van der Waals surface area contributed by atoms with Gasteiger partial charge in [-0.3, -0.25) is 19.9 Å². The van der Waals surface area contributed by atoms with Gasteiger partial charge in [0.2, 0.25) is 6.10 Å². The van der Waals surface area contributed by atoms with Crippen molar-refractivity contribution in [1.82, 2.24) is 15.1 Å². The highest BCUT2D eigenvalue weighted by molar-refractivity contribution is 6.07. The Morgan fingerprint density at radius 3 is 2.62 bits per heavy atom. The van der Waals surface area contributed by atoms with Crippen molar-refractivity contribution < 1.29 is 19.1 Å². The first-order chi connectivity index (χ1) is 15.3. The average molecular weight is 443 g/mol. The molecule has 174 valence electrons. The highest BCUT2D eigenvalue weighted by atomic mass is 16.6. The number of amides is 2. The summed E-state index contributed by atoms with van der Waals surface area (Å²) < 4.78 is 11.6. The normalized spacial score (nSPS) is 25.9. The average Bonchev–Trinajstić information content (AvgIpc) is 2.98. The van der Waals surface area contributed by atoms with Gasteiger partial charge in [-0.15, -0.1) is 0 Å². The summed E-state index contributed by atoms with van der Waals surface area (Å²) in [5.74, 6) is 2.28. The number of piperidine rings is 1. The molecule has 2 atom stereocenters. The fourth-order valence-corrected chi connectivity index (χ4v) is 5.05. The van der Waals surface area contributed by atoms with Crippen LogP contribution in [0.4, 0.5) is 0 Å². The minimum atomic E-state index is -0.679. The lowest BCUT2D eigenvalue weighted by molar-refractivity contribution is -0.142. The maximum atomic E-state index is 12.9. The molecule has 8 heteroatoms. The van der Waals surface area contributed by atoms with Crippen LogP contribution < -0.4 is 14.8 Å². The van der Waals surface area contributed by atoms with Crippen molar-refractivity contribution in [3.8, 4) is 11.5 Å². The molecule has 2 fully saturated rings. The van der Waals surface area contributed by atoms with Gasteiger partial charge < -0.3 is 19.7 Å². The van der Waals surface area contributed by atoms with Crippen LogP contribution in [0.2, 0.25) is 0 Å². The van der Waals surface area contributed by atoms with Crippen LogP contribution in [-0.2, 0) is 9.59 Å². The predicted octanol–water partition coefficient (Wildman–Crippen LogP) is 2.63. The molecule has 1 aromatic carbocycles. The topological polar surface area (TPSA) is 95.0 Å². The van der Waals surface area contributed by atoms with Gasteiger partial charge in [0.15, 0.2) is 17.5 Å². The van der Waals surface area contributed by atoms with Crippen LogP contribution >= 0.6 is 0 Å². The van der Waals surface area contributed by atoms with E-state index in [2.05, 4.69) is 19.2 Å². The number of benzene rings is 1. The van der Waals surface area contributed by atoms with Gasteiger partial charge >= 0.3 is 0 Å². The van der Waals surface area contributed by atoms with E-state index in [0.717, 1.165) is 19.3 Å². The lowest BCUT2D eigenvalue weighted by Crippen LogP contribution is -2.49. The Labute approximate surface area is 189 Å². The summed E-state index contributed by atoms with van der Waals surface area (Å²) >= 11 is 0. The molecule has 32 heavy (non-hydrogen) atoms. The molecular weight excluding hydrogens is 408 g/mol. The molecular formula is C24H34N4O4. The quantitative estimate of drug-likeness (QED) is 0.706. The maximum Gasteiger partial charge on any atom is 0.267 e. The summed E-state index contributed by atoms with van der Waals surface area (Å²) in [5, 5.41) is 11.3. The molecule has 2 amide bonds. The number of rotatable bonds is 6. The van der Waals surface area contributed by atoms with Crippen molar-refractivity contribution in [3.63, 3.8) is 0 Å². The Balaban J connectivity index is 1.25. The molecule has 2 saturated heterocycles. The fourth-order valence-electron chi connectivity index (χ4n) is 5.05. The summed E-state index contributed by atoms with van der Waals surface area (Å²) in [4.78, 5) is 29.3. The first-order valence-corrected chi connectivity index (χ1v) is 11.6. The van der Waals surface area contributed by atoms with Crippen LogP contribution in [0.1, 0.15) is 46.5 Å². The second kappa shape index (κ2) is 9.00. The molecule has 3 aliphatic heterocycles. The number of hydrogen-bond acceptors (Lipinski definition) is 5. The third-order valence-electron chi connectivity index (χ3n) is 6.67. The van der Waals surface area contributed by atoms with Crippen molar-refractivity contribution in [1.29, 1.82) is 5.41 Å². The lowest BCUT2D eigenvalue weighted by atomic mass is 9.90. The number of hydrogen-bond donors (Lipinski definition) is 2. The van der Waals surface area contributed by atoms with E-state index in [1.165, 1.54) is 0 Å². The molecule has 0 saturated carbocycles. The molecule has 3 heterocycles. The van der Waals surface area contributed by atoms with E-state index in [9.17, 15) is 9.59 Å². The number of guanidine groups is 1. The Morgan fingerprint density at radius 2 is 1.94 bits per heavy atom. The SMILES string of the molecule is CC(C)CC1(C)NC(=N)N(CCC2CCN(C(=O)C3COc4ccccc4O3)CC2)C1=O. The molecule has 4 rings (SSSR count). The van der Waals surface area contributed by atoms with Gasteiger partial charge in [0.1, 0.15) is 12.1 Å². The minimum Gasteiger partial charge on any atom is -0.485 e. The van der Waals surface area contributed by atoms with Crippen LogP contribution in [0.15, 0.2) is 24.3 Å². The lowest BCUT2D eigenvalue weighted by Gasteiger charge is -2.35. The standard InChI is InChI=1S/C24H34N4O4/c1-16(2)14-24(3)22(30)28(23(25)26-24)13-10-17-8-11-27(12-9-17)21(29)20-15-31-18-6-4-5-7-19(18)32-20/h4-7,16-17,20H,8-15H2,1-3H3,(H2,25,26). The Bertz CT molecular complexity index is 881. The van der Waals surface area contributed by atoms with Gasteiger partial charge in [-0.05, 0) is 56.6 Å². The molecule has 0 radical (unpaired) electrons. The number of ether oxygens (including phenoxy) is 2. The van der Waals surface area contributed by atoms with Gasteiger partial charge in [-0.1, -0.05) is 26.0 Å². The minimum absolute atomic E-state index is 0.00135. The molecule has 2 N–H and O–H groups in total. The third kappa shape index (κ3) is 4.54. The van der Waals surface area contributed by atoms with Crippen LogP contribution in [0.25, 0.3) is 0 Å². The number of nitrogens with zero attached hydrogens (tertiary/aromatic N) is 2. The molecule has 3 aliphatic rings. The monoisotopic (exact) mass is 442 g/mol. The summed E-state index contributed by atoms with van der Waals surface area (Å²) in [6, 6.07) is 7.41. The summed E-state index contributed by atoms with van der Waals surface area (Å²) in [6.07, 6.45) is 2.73. The van der Waals surface area contributed by atoms with Crippen LogP contribution in [-0.4, -0.2) is 65.5 Å². The van der Waals surface area contributed by atoms with Crippen LogP contribution in [0, 0.1) is 17.2 Å². The zero-order valence-electron chi connectivity index (χ0n) is 19.2. The number of carbonyl (C=O) groups is 2. The van der Waals surface area contributed by atoms with E-state index < -0.39 is 11.6 Å². The molecule has 0 bridgehead atoms. The van der Waals surface area contributed by atoms with Gasteiger partial charge in [0.05, 0.1) is 0 Å². The zero-order valence-corrected chi connectivity index (χ0v) is 19.2. The van der Waals surface area contributed by atoms with Gasteiger partial charge in [0, 0.05) is 19.6 Å². The van der Waals surface area contributed by atoms with Gasteiger partial charge in [-0.25, -0.2) is 0 Å². The Kier molecular flexibility index (Phi) is 6.31. The number of carbonyl (C=O) groups excluding carboxylic acids is 2. The van der Waals surface area contributed by atoms with E-state index in [1.807, 2.05) is 36.1 Å². The smallest absolute Gasteiger partial charge is 0.267 e. The number of fused-ring (bicyclic) bond motifs is 1. The van der Waals surface area contributed by atoms with Crippen LogP contribution in [0.5, 0.6) is 11.5 Å². The van der Waals surface area contributed by atoms with Crippen molar-refractivity contribution in [2.45, 2.75) is 58.1 Å². The highest BCUT2D eigenvalue weighted by Crippen LogP contribution is 2.32. The van der Waals surface area contributed by atoms with E-state index >= 15 is 0 Å². The first-order valence-electron chi connectivity index (χ1n) is 11.6. The second-order valence-electron chi connectivity index (χ2n) is 9.78. The van der Waals surface area contributed by atoms with E-state index in [0.29, 0.717) is 49.4 Å². The molecule has 0 aromatic heterocycles. The van der Waals surface area contributed by atoms with Crippen molar-refractivity contribution >= 4 is 17.8 Å². The summed E-state index contributed by atoms with van der Waals surface area (Å²) in [6.45, 7) is 8.21. The van der Waals surface area contributed by atoms with E-state index in [1.54, 1.807) is 4.90 Å². The Morgan fingerprint density at radius 1 is 1.25 bits per heavy atom. The molecule has 0 spiro atoms. The molecule has 0 aliphatic carbocycles. The second-order valence-corrected chi connectivity index (χ2v) is 9.78. The maximum absolute atomic E-state index is 12.9. The van der Waals surface area contributed by atoms with Gasteiger partial charge in [0.25, 0.3) is 11.8 Å². The zero-order chi connectivity index (χ0) is 22.9. The first kappa shape index (κ1) is 22.4. The van der Waals surface area contributed by atoms with E-state index in [4.69, 9.17) is 14.9 Å². The Hall–Kier alpha value is -2.77. The predicted molar refractivity (Wildman–Crippen MR) is 121 cm³/mol. The highest BCUT2D eigenvalue weighted by Gasteiger charge is 2.46. The largest absolute Gasteiger partial charge is 0.485 e. The summed E-state index contributed by atoms with van der Waals surface area (Å²) in [7, 11) is 0. The van der Waals surface area contributed by atoms with Gasteiger partial charge in [-0.2, -0.15) is 0 Å². The summed E-state index contributed by atoms with van der Waals surface area (Å²) in [5.41, 5.74) is -0.679. The van der Waals surface area contributed by atoms with E-state index in [-0.39, 0.29) is 24.4 Å². The van der Waals surface area contributed by atoms with Crippen molar-refractivity contribution in [2.24, 2.45) is 11.8 Å². The third-order valence-corrected chi connectivity index (χ3v) is 6.67. The molecule has 1 aromatic rings. The van der Waals surface area contributed by atoms with Crippen LogP contribution in [0.3, 0.4) is 0 Å². The van der Waals surface area contributed by atoms with Crippen molar-refractivity contribution in [2.75, 3.05) is 26.2 Å². The fraction of sp³-hybridized carbons (Fsp3) is 0.625. The number of para-hydroxylation sites is 2. The molecule has 2 unspecified atom stereocenters. The number of likely N-dealkylation sites (tertiary alicyclic amines) is 1. The molecule has 8 nitrogen and oxygen atoms in total. The number of nitrogens with one attached hydrogen (secondary N) is 2. The van der Waals surface area contributed by atoms with Crippen molar-refractivity contribution in [3.05, 3.63) is 24.3 Å².